The van der Waals surface area contributed by atoms with Gasteiger partial charge in [-0.25, -0.2) is 0 Å². The van der Waals surface area contributed by atoms with Gasteiger partial charge >= 0.3 is 11.9 Å². The highest BCUT2D eigenvalue weighted by Crippen LogP contribution is 2.42. The van der Waals surface area contributed by atoms with E-state index in [1.165, 1.54) is 18.1 Å². The van der Waals surface area contributed by atoms with Crippen molar-refractivity contribution in [3.63, 3.8) is 0 Å². The lowest BCUT2D eigenvalue weighted by atomic mass is 10.1. The number of carbonyl (C=O) groups is 1. The van der Waals surface area contributed by atoms with Crippen LogP contribution in [0.5, 0.6) is 23.0 Å². The minimum atomic E-state index is -4.76. The number of thiocarbonyl (C=S) groups is 1. The molecule has 0 unspecified atom stereocenters. The van der Waals surface area contributed by atoms with Gasteiger partial charge in [0.05, 0.1) is 34.8 Å². The second-order valence-corrected chi connectivity index (χ2v) is 9.54. The van der Waals surface area contributed by atoms with E-state index in [-0.39, 0.29) is 29.8 Å². The van der Waals surface area contributed by atoms with Gasteiger partial charge in [0, 0.05) is 6.07 Å². The summed E-state index contributed by atoms with van der Waals surface area (Å²) in [5.74, 6) is -0.0563. The Morgan fingerprint density at radius 2 is 1.77 bits per heavy atom. The van der Waals surface area contributed by atoms with Crippen molar-refractivity contribution in [1.82, 2.24) is 0 Å². The first-order chi connectivity index (χ1) is 18.5. The third-order valence-electron chi connectivity index (χ3n) is 5.39. The third-order valence-corrected chi connectivity index (χ3v) is 6.69. The zero-order valence-corrected chi connectivity index (χ0v) is 22.0. The number of carbonyl (C=O) groups excluding carboxylic acids is 1. The molecule has 0 N–H and O–H groups in total. The number of nitro benzene ring substituents is 1. The van der Waals surface area contributed by atoms with Crippen molar-refractivity contribution in [3.05, 3.63) is 86.8 Å². The maximum Gasteiger partial charge on any atom is 0.416 e. The molecule has 13 heteroatoms. The van der Waals surface area contributed by atoms with Crippen LogP contribution in [0.15, 0.2) is 65.6 Å². The molecule has 0 aliphatic carbocycles. The average Bonchev–Trinajstić information content (AvgIpc) is 3.17. The van der Waals surface area contributed by atoms with E-state index >= 15 is 0 Å². The number of methoxy groups -OCH3 is 1. The van der Waals surface area contributed by atoms with Crippen LogP contribution in [0.2, 0.25) is 0 Å². The third kappa shape index (κ3) is 5.99. The first kappa shape index (κ1) is 27.9. The predicted molar refractivity (Wildman–Crippen MR) is 144 cm³/mol. The highest BCUT2D eigenvalue weighted by molar-refractivity contribution is 8.27. The van der Waals surface area contributed by atoms with Gasteiger partial charge in [-0.2, -0.15) is 13.2 Å². The molecule has 202 valence electrons. The van der Waals surface area contributed by atoms with Crippen LogP contribution in [-0.2, 0) is 11.0 Å². The molecule has 4 rings (SSSR count). The molecule has 1 amide bonds. The monoisotopic (exact) mass is 576 g/mol. The second kappa shape index (κ2) is 11.3. The summed E-state index contributed by atoms with van der Waals surface area (Å²) in [6, 6.07) is 13.5. The van der Waals surface area contributed by atoms with Crippen LogP contribution >= 0.6 is 24.0 Å². The van der Waals surface area contributed by atoms with Gasteiger partial charge in [-0.3, -0.25) is 19.8 Å². The number of rotatable bonds is 8. The number of hydrogen-bond donors (Lipinski definition) is 0. The Kier molecular flexibility index (Phi) is 8.11. The summed E-state index contributed by atoms with van der Waals surface area (Å²) in [4.78, 5) is 25.4. The number of ether oxygens (including phenoxy) is 3. The Balaban J connectivity index is 1.65. The SMILES string of the molecule is CCOc1cc(/C=C2/SC(=S)N(c3ccccc3OC)C2=O)ccc1Oc1ccc(C(F)(F)F)cc1[N+](=O)[O-]. The number of nitro groups is 1. The molecule has 0 spiro atoms. The molecular weight excluding hydrogens is 557 g/mol. The number of nitrogens with zero attached hydrogens (tertiary/aromatic N) is 2. The Labute approximate surface area is 230 Å². The maximum absolute atomic E-state index is 13.2. The smallest absolute Gasteiger partial charge is 0.416 e. The van der Waals surface area contributed by atoms with E-state index in [0.717, 1.165) is 17.8 Å². The summed E-state index contributed by atoms with van der Waals surface area (Å²) in [6.07, 6.45) is -3.16. The lowest BCUT2D eigenvalue weighted by molar-refractivity contribution is -0.385. The number of anilines is 1. The van der Waals surface area contributed by atoms with Crippen molar-refractivity contribution in [1.29, 1.82) is 0 Å². The molecule has 0 saturated carbocycles. The molecule has 1 heterocycles. The molecule has 1 fully saturated rings. The van der Waals surface area contributed by atoms with Crippen LogP contribution in [0.3, 0.4) is 0 Å². The molecule has 1 aliphatic rings. The van der Waals surface area contributed by atoms with Gasteiger partial charge in [0.25, 0.3) is 5.91 Å². The number of thioether (sulfide) groups is 1. The van der Waals surface area contributed by atoms with Gasteiger partial charge in [-0.15, -0.1) is 0 Å². The molecule has 0 aromatic heterocycles. The van der Waals surface area contributed by atoms with E-state index in [0.29, 0.717) is 38.4 Å². The van der Waals surface area contributed by atoms with Gasteiger partial charge in [0.2, 0.25) is 5.75 Å². The first-order valence-corrected chi connectivity index (χ1v) is 12.5. The van der Waals surface area contributed by atoms with Crippen molar-refractivity contribution in [2.45, 2.75) is 13.1 Å². The van der Waals surface area contributed by atoms with Crippen molar-refractivity contribution >= 4 is 51.7 Å². The van der Waals surface area contributed by atoms with Crippen LogP contribution in [0.1, 0.15) is 18.1 Å². The van der Waals surface area contributed by atoms with E-state index < -0.39 is 22.4 Å². The Bertz CT molecular complexity index is 1490. The second-order valence-electron chi connectivity index (χ2n) is 7.87. The van der Waals surface area contributed by atoms with E-state index in [1.54, 1.807) is 49.4 Å². The zero-order chi connectivity index (χ0) is 28.3. The summed E-state index contributed by atoms with van der Waals surface area (Å²) in [5.41, 5.74) is -0.986. The summed E-state index contributed by atoms with van der Waals surface area (Å²) in [6.45, 7) is 1.90. The maximum atomic E-state index is 13.2. The minimum absolute atomic E-state index is 0.0402. The van der Waals surface area contributed by atoms with E-state index in [1.807, 2.05) is 0 Å². The van der Waals surface area contributed by atoms with Crippen molar-refractivity contribution in [2.75, 3.05) is 18.6 Å². The molecule has 8 nitrogen and oxygen atoms in total. The summed E-state index contributed by atoms with van der Waals surface area (Å²) < 4.78 is 56.0. The molecule has 0 radical (unpaired) electrons. The molecule has 1 saturated heterocycles. The normalized spacial score (nSPS) is 14.6. The lowest BCUT2D eigenvalue weighted by Gasteiger charge is -2.17. The largest absolute Gasteiger partial charge is 0.495 e. The minimum Gasteiger partial charge on any atom is -0.495 e. The standard InChI is InChI=1S/C26H19F3N2O6S2/c1-3-36-22-12-15(13-23-24(32)30(25(38)39-23)17-6-4-5-7-19(17)35-2)8-10-21(22)37-20-11-9-16(26(27,28)29)14-18(20)31(33)34/h4-14H,3H2,1-2H3/b23-13+. The first-order valence-electron chi connectivity index (χ1n) is 11.2. The highest BCUT2D eigenvalue weighted by atomic mass is 32.2. The van der Waals surface area contributed by atoms with E-state index in [2.05, 4.69) is 0 Å². The van der Waals surface area contributed by atoms with Gasteiger partial charge in [0.15, 0.2) is 15.8 Å². The average molecular weight is 577 g/mol. The van der Waals surface area contributed by atoms with Crippen molar-refractivity contribution in [3.8, 4) is 23.0 Å². The van der Waals surface area contributed by atoms with Crippen LogP contribution in [0.4, 0.5) is 24.5 Å². The van der Waals surface area contributed by atoms with E-state index in [4.69, 9.17) is 26.4 Å². The molecular formula is C26H19F3N2O6S2. The zero-order valence-electron chi connectivity index (χ0n) is 20.4. The fourth-order valence-electron chi connectivity index (χ4n) is 3.65. The topological polar surface area (TPSA) is 91.1 Å². The van der Waals surface area contributed by atoms with Gasteiger partial charge < -0.3 is 14.2 Å². The van der Waals surface area contributed by atoms with Crippen LogP contribution in [-0.4, -0.2) is 28.9 Å². The number of benzene rings is 3. The number of halogens is 3. The van der Waals surface area contributed by atoms with Crippen molar-refractivity contribution in [2.24, 2.45) is 0 Å². The van der Waals surface area contributed by atoms with Gasteiger partial charge in [0.1, 0.15) is 5.75 Å². The number of para-hydroxylation sites is 2. The summed E-state index contributed by atoms with van der Waals surface area (Å²) in [5, 5.41) is 11.4. The quantitative estimate of drug-likeness (QED) is 0.120. The Morgan fingerprint density at radius 1 is 1.05 bits per heavy atom. The predicted octanol–water partition coefficient (Wildman–Crippen LogP) is 7.22. The number of amides is 1. The van der Waals surface area contributed by atoms with Crippen molar-refractivity contribution < 1.29 is 37.1 Å². The van der Waals surface area contributed by atoms with Crippen LogP contribution in [0, 0.1) is 10.1 Å². The molecule has 3 aromatic rings. The van der Waals surface area contributed by atoms with Gasteiger partial charge in [-0.05, 0) is 55.0 Å². The number of hydrogen-bond acceptors (Lipinski definition) is 8. The lowest BCUT2D eigenvalue weighted by Crippen LogP contribution is -2.27. The van der Waals surface area contributed by atoms with Crippen LogP contribution in [0.25, 0.3) is 6.08 Å². The molecule has 1 aliphatic heterocycles. The summed E-state index contributed by atoms with van der Waals surface area (Å²) >= 11 is 6.53. The Hall–Kier alpha value is -4.10. The molecule has 39 heavy (non-hydrogen) atoms. The summed E-state index contributed by atoms with van der Waals surface area (Å²) in [7, 11) is 1.49. The number of alkyl halides is 3. The Morgan fingerprint density at radius 3 is 2.44 bits per heavy atom. The highest BCUT2D eigenvalue weighted by Gasteiger charge is 2.35. The molecule has 3 aromatic carbocycles. The van der Waals surface area contributed by atoms with Gasteiger partial charge in [-0.1, -0.05) is 42.2 Å². The fourth-order valence-corrected chi connectivity index (χ4v) is 4.93. The molecule has 0 bridgehead atoms. The fraction of sp³-hybridized carbons (Fsp3) is 0.154. The molecule has 0 atom stereocenters. The van der Waals surface area contributed by atoms with E-state index in [9.17, 15) is 28.1 Å². The van der Waals surface area contributed by atoms with Crippen LogP contribution < -0.4 is 19.1 Å².